The first-order valence-electron chi connectivity index (χ1n) is 5.12. The molecule has 0 aliphatic carbocycles. The quantitative estimate of drug-likeness (QED) is 0.891. The Kier molecular flexibility index (Phi) is 3.47. The maximum absolute atomic E-state index is 13.4. The normalized spacial score (nSPS) is 17.9. The molecule has 3 nitrogen and oxygen atoms in total. The van der Waals surface area contributed by atoms with Crippen LogP contribution in [0.15, 0.2) is 22.7 Å². The Labute approximate surface area is 102 Å². The standard InChI is InChI=1S/C11H14BrFN2O/c12-8-1-2-9(13)10(3-8)15-5-11(4-14)6-16-7-11/h1-3,15H,4-7,14H2. The van der Waals surface area contributed by atoms with Gasteiger partial charge in [0.1, 0.15) is 5.82 Å². The Hall–Kier alpha value is -0.650. The van der Waals surface area contributed by atoms with Gasteiger partial charge in [-0.3, -0.25) is 0 Å². The van der Waals surface area contributed by atoms with E-state index < -0.39 is 0 Å². The lowest BCUT2D eigenvalue weighted by Gasteiger charge is -2.40. The number of ether oxygens (including phenoxy) is 1. The molecular formula is C11H14BrFN2O. The minimum Gasteiger partial charge on any atom is -0.382 e. The molecule has 1 saturated heterocycles. The van der Waals surface area contributed by atoms with Crippen molar-refractivity contribution < 1.29 is 9.13 Å². The Balaban J connectivity index is 2.01. The van der Waals surface area contributed by atoms with E-state index in [1.807, 2.05) is 0 Å². The van der Waals surface area contributed by atoms with Crippen LogP contribution in [-0.4, -0.2) is 26.3 Å². The fourth-order valence-electron chi connectivity index (χ4n) is 1.60. The van der Waals surface area contributed by atoms with Gasteiger partial charge in [0, 0.05) is 23.0 Å². The van der Waals surface area contributed by atoms with Crippen molar-refractivity contribution in [2.75, 3.05) is 31.6 Å². The molecule has 0 saturated carbocycles. The number of anilines is 1. The number of rotatable bonds is 4. The summed E-state index contributed by atoms with van der Waals surface area (Å²) < 4.78 is 19.4. The Bertz CT molecular complexity index is 377. The van der Waals surface area contributed by atoms with E-state index in [9.17, 15) is 4.39 Å². The molecule has 1 aromatic carbocycles. The summed E-state index contributed by atoms with van der Waals surface area (Å²) in [5.41, 5.74) is 6.14. The minimum absolute atomic E-state index is 0.0330. The number of benzene rings is 1. The summed E-state index contributed by atoms with van der Waals surface area (Å²) in [6, 6.07) is 4.82. The zero-order valence-corrected chi connectivity index (χ0v) is 10.4. The first-order valence-corrected chi connectivity index (χ1v) is 5.91. The molecule has 16 heavy (non-hydrogen) atoms. The van der Waals surface area contributed by atoms with Gasteiger partial charge in [-0.25, -0.2) is 4.39 Å². The molecule has 0 bridgehead atoms. The maximum atomic E-state index is 13.4. The Morgan fingerprint density at radius 2 is 2.25 bits per heavy atom. The van der Waals surface area contributed by atoms with E-state index in [1.165, 1.54) is 6.07 Å². The van der Waals surface area contributed by atoms with E-state index in [0.717, 1.165) is 4.47 Å². The Morgan fingerprint density at radius 1 is 1.50 bits per heavy atom. The lowest BCUT2D eigenvalue weighted by Crippen LogP contribution is -2.52. The molecule has 1 fully saturated rings. The number of nitrogens with two attached hydrogens (primary N) is 1. The first kappa shape index (κ1) is 11.8. The average molecular weight is 289 g/mol. The van der Waals surface area contributed by atoms with Gasteiger partial charge in [-0.05, 0) is 18.2 Å². The number of hydrogen-bond donors (Lipinski definition) is 2. The van der Waals surface area contributed by atoms with Crippen LogP contribution in [0.5, 0.6) is 0 Å². The average Bonchev–Trinajstić information content (AvgIpc) is 2.22. The highest BCUT2D eigenvalue weighted by Crippen LogP contribution is 2.27. The van der Waals surface area contributed by atoms with Crippen LogP contribution in [0.25, 0.3) is 0 Å². The predicted octanol–water partition coefficient (Wildman–Crippen LogP) is 1.98. The van der Waals surface area contributed by atoms with Gasteiger partial charge in [-0.1, -0.05) is 15.9 Å². The van der Waals surface area contributed by atoms with E-state index in [-0.39, 0.29) is 11.2 Å². The lowest BCUT2D eigenvalue weighted by molar-refractivity contribution is -0.0979. The highest BCUT2D eigenvalue weighted by atomic mass is 79.9. The third kappa shape index (κ3) is 2.36. The monoisotopic (exact) mass is 288 g/mol. The van der Waals surface area contributed by atoms with Gasteiger partial charge in [0.2, 0.25) is 0 Å². The number of nitrogens with one attached hydrogen (secondary N) is 1. The fraction of sp³-hybridized carbons (Fsp3) is 0.455. The second-order valence-electron chi connectivity index (χ2n) is 4.17. The van der Waals surface area contributed by atoms with Crippen LogP contribution in [0.4, 0.5) is 10.1 Å². The molecule has 1 heterocycles. The van der Waals surface area contributed by atoms with Gasteiger partial charge in [-0.15, -0.1) is 0 Å². The molecule has 0 amide bonds. The molecule has 1 aliphatic heterocycles. The molecule has 0 aromatic heterocycles. The van der Waals surface area contributed by atoms with Crippen molar-refractivity contribution in [2.24, 2.45) is 11.1 Å². The summed E-state index contributed by atoms with van der Waals surface area (Å²) >= 11 is 3.31. The van der Waals surface area contributed by atoms with Crippen LogP contribution in [0.1, 0.15) is 0 Å². The van der Waals surface area contributed by atoms with Crippen LogP contribution >= 0.6 is 15.9 Å². The van der Waals surface area contributed by atoms with Crippen molar-refractivity contribution in [3.05, 3.63) is 28.5 Å². The van der Waals surface area contributed by atoms with Gasteiger partial charge < -0.3 is 15.8 Å². The smallest absolute Gasteiger partial charge is 0.146 e. The van der Waals surface area contributed by atoms with E-state index in [2.05, 4.69) is 21.2 Å². The van der Waals surface area contributed by atoms with Crippen molar-refractivity contribution in [1.29, 1.82) is 0 Å². The molecule has 0 unspecified atom stereocenters. The van der Waals surface area contributed by atoms with E-state index in [1.54, 1.807) is 12.1 Å². The second kappa shape index (κ2) is 4.69. The summed E-state index contributed by atoms with van der Waals surface area (Å²) in [6.45, 7) is 2.48. The fourth-order valence-corrected chi connectivity index (χ4v) is 1.96. The molecule has 88 valence electrons. The third-order valence-corrected chi connectivity index (χ3v) is 3.33. The molecule has 5 heteroatoms. The van der Waals surface area contributed by atoms with Crippen molar-refractivity contribution in [3.8, 4) is 0 Å². The molecule has 2 rings (SSSR count). The van der Waals surface area contributed by atoms with Gasteiger partial charge in [0.25, 0.3) is 0 Å². The van der Waals surface area contributed by atoms with Gasteiger partial charge in [0.15, 0.2) is 0 Å². The number of hydrogen-bond acceptors (Lipinski definition) is 3. The Morgan fingerprint density at radius 3 is 2.81 bits per heavy atom. The van der Waals surface area contributed by atoms with Crippen molar-refractivity contribution in [3.63, 3.8) is 0 Å². The minimum atomic E-state index is -0.254. The topological polar surface area (TPSA) is 47.3 Å². The SMILES string of the molecule is NCC1(CNc2cc(Br)ccc2F)COC1. The summed E-state index contributed by atoms with van der Waals surface area (Å²) in [5, 5.41) is 3.08. The molecule has 0 atom stereocenters. The zero-order chi connectivity index (χ0) is 11.6. The van der Waals surface area contributed by atoms with E-state index >= 15 is 0 Å². The van der Waals surface area contributed by atoms with Crippen LogP contribution in [-0.2, 0) is 4.74 Å². The van der Waals surface area contributed by atoms with Crippen LogP contribution in [0.2, 0.25) is 0 Å². The highest BCUT2D eigenvalue weighted by Gasteiger charge is 2.37. The molecule has 0 radical (unpaired) electrons. The zero-order valence-electron chi connectivity index (χ0n) is 8.80. The maximum Gasteiger partial charge on any atom is 0.146 e. The first-order chi connectivity index (χ1) is 7.65. The molecule has 3 N–H and O–H groups in total. The van der Waals surface area contributed by atoms with E-state index in [4.69, 9.17) is 10.5 Å². The molecule has 1 aromatic rings. The summed E-state index contributed by atoms with van der Waals surface area (Å²) in [6.07, 6.45) is 0. The van der Waals surface area contributed by atoms with Crippen LogP contribution in [0.3, 0.4) is 0 Å². The van der Waals surface area contributed by atoms with Crippen LogP contribution in [0, 0.1) is 11.2 Å². The molecule has 1 aliphatic rings. The third-order valence-electron chi connectivity index (χ3n) is 2.83. The van der Waals surface area contributed by atoms with Crippen molar-refractivity contribution in [2.45, 2.75) is 0 Å². The van der Waals surface area contributed by atoms with Gasteiger partial charge in [0.05, 0.1) is 18.9 Å². The second-order valence-corrected chi connectivity index (χ2v) is 5.09. The van der Waals surface area contributed by atoms with Gasteiger partial charge >= 0.3 is 0 Å². The van der Waals surface area contributed by atoms with Crippen LogP contribution < -0.4 is 11.1 Å². The van der Waals surface area contributed by atoms with E-state index in [0.29, 0.717) is 32.0 Å². The largest absolute Gasteiger partial charge is 0.382 e. The lowest BCUT2D eigenvalue weighted by atomic mass is 9.86. The van der Waals surface area contributed by atoms with Crippen molar-refractivity contribution >= 4 is 21.6 Å². The van der Waals surface area contributed by atoms with Crippen molar-refractivity contribution in [1.82, 2.24) is 0 Å². The summed E-state index contributed by atoms with van der Waals surface area (Å²) in [4.78, 5) is 0. The molecular weight excluding hydrogens is 275 g/mol. The predicted molar refractivity (Wildman–Crippen MR) is 64.9 cm³/mol. The number of halogens is 2. The summed E-state index contributed by atoms with van der Waals surface area (Å²) in [5.74, 6) is -0.254. The van der Waals surface area contributed by atoms with Gasteiger partial charge in [-0.2, -0.15) is 0 Å². The summed E-state index contributed by atoms with van der Waals surface area (Å²) in [7, 11) is 0. The highest BCUT2D eigenvalue weighted by molar-refractivity contribution is 9.10. The molecule has 0 spiro atoms.